The van der Waals surface area contributed by atoms with E-state index in [2.05, 4.69) is 4.98 Å². The third kappa shape index (κ3) is 3.55. The fourth-order valence-electron chi connectivity index (χ4n) is 3.60. The Kier molecular flexibility index (Phi) is 4.34. The maximum Gasteiger partial charge on any atom is 0.416 e. The lowest BCUT2D eigenvalue weighted by Crippen LogP contribution is -2.41. The molecule has 0 saturated carbocycles. The van der Waals surface area contributed by atoms with E-state index in [0.717, 1.165) is 21.1 Å². The number of rotatable bonds is 5. The van der Waals surface area contributed by atoms with E-state index >= 15 is 0 Å². The number of nitrogens with zero attached hydrogens (tertiary/aromatic N) is 4. The highest BCUT2D eigenvalue weighted by molar-refractivity contribution is 7.14. The van der Waals surface area contributed by atoms with Gasteiger partial charge in [-0.2, -0.15) is 0 Å². The van der Waals surface area contributed by atoms with Crippen molar-refractivity contribution in [1.29, 1.82) is 0 Å². The first kappa shape index (κ1) is 17.4. The van der Waals surface area contributed by atoms with Gasteiger partial charge in [-0.15, -0.1) is 11.3 Å². The second-order valence-electron chi connectivity index (χ2n) is 7.11. The minimum Gasteiger partial charge on any atom is -0.442 e. The van der Waals surface area contributed by atoms with E-state index in [1.807, 2.05) is 0 Å². The van der Waals surface area contributed by atoms with Crippen molar-refractivity contribution in [3.63, 3.8) is 0 Å². The molecule has 4 heterocycles. The highest BCUT2D eigenvalue weighted by Gasteiger charge is 2.41. The summed E-state index contributed by atoms with van der Waals surface area (Å²) in [4.78, 5) is 57.3. The van der Waals surface area contributed by atoms with E-state index in [1.165, 1.54) is 10.3 Å². The van der Waals surface area contributed by atoms with Gasteiger partial charge in [-0.05, 0) is 12.1 Å². The number of cyclic esters (lactones) is 1. The number of thiazole rings is 1. The number of morpholine rings is 1. The maximum atomic E-state index is 12.6. The molecule has 10 nitrogen and oxygen atoms in total. The summed E-state index contributed by atoms with van der Waals surface area (Å²) in [6, 6.07) is 6.50. The number of amides is 4. The van der Waals surface area contributed by atoms with Crippen LogP contribution in [0.15, 0.2) is 29.6 Å². The SMILES string of the molecule is [2H]C([2H])(c1csc(N2C[C@H](CN3C(=O)c4ccccc4C3=O)OC2=O)n1)N1CCOCC1=O. The molecule has 0 aliphatic carbocycles. The predicted molar refractivity (Wildman–Crippen MR) is 108 cm³/mol. The molecule has 0 unspecified atom stereocenters. The molecule has 0 spiro atoms. The maximum absolute atomic E-state index is 12.6. The van der Waals surface area contributed by atoms with E-state index in [4.69, 9.17) is 12.2 Å². The van der Waals surface area contributed by atoms with Crippen LogP contribution in [0.3, 0.4) is 0 Å². The molecule has 5 rings (SSSR count). The van der Waals surface area contributed by atoms with Gasteiger partial charge in [-0.3, -0.25) is 19.3 Å². The van der Waals surface area contributed by atoms with Gasteiger partial charge >= 0.3 is 6.09 Å². The van der Waals surface area contributed by atoms with Crippen LogP contribution in [0.2, 0.25) is 0 Å². The van der Waals surface area contributed by atoms with Crippen molar-refractivity contribution in [2.45, 2.75) is 12.6 Å². The van der Waals surface area contributed by atoms with Crippen LogP contribution in [-0.4, -0.2) is 77.6 Å². The molecule has 2 aromatic rings. The number of hydrogen-bond acceptors (Lipinski definition) is 8. The van der Waals surface area contributed by atoms with Crippen LogP contribution < -0.4 is 4.90 Å². The Balaban J connectivity index is 1.29. The van der Waals surface area contributed by atoms with E-state index < -0.39 is 36.4 Å². The molecule has 1 atom stereocenters. The smallest absolute Gasteiger partial charge is 0.416 e. The number of carbonyl (C=O) groups is 4. The molecule has 31 heavy (non-hydrogen) atoms. The number of fused-ring (bicyclic) bond motifs is 1. The van der Waals surface area contributed by atoms with Crippen molar-refractivity contribution in [3.8, 4) is 0 Å². The van der Waals surface area contributed by atoms with Gasteiger partial charge in [-0.25, -0.2) is 14.7 Å². The van der Waals surface area contributed by atoms with Crippen LogP contribution in [0.4, 0.5) is 9.93 Å². The average molecular weight is 444 g/mol. The Morgan fingerprint density at radius 3 is 2.61 bits per heavy atom. The summed E-state index contributed by atoms with van der Waals surface area (Å²) in [5.74, 6) is -1.36. The highest BCUT2D eigenvalue weighted by Crippen LogP contribution is 2.28. The molecule has 1 aromatic heterocycles. The van der Waals surface area contributed by atoms with Crippen LogP contribution in [0, 0.1) is 0 Å². The van der Waals surface area contributed by atoms with Crippen molar-refractivity contribution in [3.05, 3.63) is 46.5 Å². The van der Waals surface area contributed by atoms with E-state index in [0.29, 0.717) is 11.1 Å². The van der Waals surface area contributed by atoms with Gasteiger partial charge in [0.2, 0.25) is 5.91 Å². The minimum atomic E-state index is -2.17. The summed E-state index contributed by atoms with van der Waals surface area (Å²) in [5.41, 5.74) is 0.621. The van der Waals surface area contributed by atoms with E-state index in [1.54, 1.807) is 24.3 Å². The number of hydrogen-bond donors (Lipinski definition) is 0. The van der Waals surface area contributed by atoms with Crippen molar-refractivity contribution in [2.24, 2.45) is 0 Å². The van der Waals surface area contributed by atoms with E-state index in [-0.39, 0.29) is 43.7 Å². The fourth-order valence-corrected chi connectivity index (χ4v) is 4.35. The zero-order chi connectivity index (χ0) is 23.3. The number of imide groups is 1. The van der Waals surface area contributed by atoms with Crippen LogP contribution in [0.25, 0.3) is 0 Å². The minimum absolute atomic E-state index is 0.00523. The summed E-state index contributed by atoms with van der Waals surface area (Å²) in [7, 11) is 0. The number of aromatic nitrogens is 1. The lowest BCUT2D eigenvalue weighted by molar-refractivity contribution is -0.143. The zero-order valence-electron chi connectivity index (χ0n) is 18.1. The topological polar surface area (TPSA) is 109 Å². The van der Waals surface area contributed by atoms with Crippen LogP contribution in [0.1, 0.15) is 29.2 Å². The Labute approximate surface area is 183 Å². The summed E-state index contributed by atoms with van der Waals surface area (Å²) < 4.78 is 27.1. The molecule has 0 N–H and O–H groups in total. The monoisotopic (exact) mass is 444 g/mol. The average Bonchev–Trinajstić information content (AvgIpc) is 3.48. The summed E-state index contributed by atoms with van der Waals surface area (Å²) in [6.07, 6.45) is -1.47. The fraction of sp³-hybridized carbons (Fsp3) is 0.350. The second-order valence-corrected chi connectivity index (χ2v) is 7.94. The van der Waals surface area contributed by atoms with Crippen LogP contribution in [-0.2, 0) is 20.8 Å². The summed E-state index contributed by atoms with van der Waals surface area (Å²) in [5, 5.41) is 1.65. The third-order valence-electron chi connectivity index (χ3n) is 5.10. The molecule has 160 valence electrons. The van der Waals surface area contributed by atoms with Crippen molar-refractivity contribution in [2.75, 3.05) is 37.7 Å². The molecule has 4 amide bonds. The number of ether oxygens (including phenoxy) is 2. The Morgan fingerprint density at radius 2 is 1.90 bits per heavy atom. The zero-order valence-corrected chi connectivity index (χ0v) is 17.0. The molecule has 3 aliphatic heterocycles. The Bertz CT molecular complexity index is 1140. The molecule has 0 bridgehead atoms. The standard InChI is InChI=1S/C20H18N4O6S/c25-16-10-29-6-5-22(16)7-12-11-31-19(21-12)24-9-13(30-20(24)28)8-23-17(26)14-3-1-2-4-15(14)18(23)27/h1-4,11,13H,5-10H2/t13-/m0/s1/i7D2. The van der Waals surface area contributed by atoms with Crippen molar-refractivity contribution >= 4 is 40.3 Å². The van der Waals surface area contributed by atoms with Crippen LogP contribution >= 0.6 is 11.3 Å². The number of anilines is 1. The molecule has 3 aliphatic rings. The van der Waals surface area contributed by atoms with Gasteiger partial charge in [0, 0.05) is 11.9 Å². The Morgan fingerprint density at radius 1 is 1.16 bits per heavy atom. The first-order chi connectivity index (χ1) is 15.8. The lowest BCUT2D eigenvalue weighted by Gasteiger charge is -2.25. The normalized spacial score (nSPS) is 22.6. The highest BCUT2D eigenvalue weighted by atomic mass is 32.1. The summed E-state index contributed by atoms with van der Waals surface area (Å²) in [6.45, 7) is -2.12. The molecule has 11 heteroatoms. The van der Waals surface area contributed by atoms with Gasteiger partial charge in [-0.1, -0.05) is 12.1 Å². The van der Waals surface area contributed by atoms with Crippen molar-refractivity contribution < 1.29 is 31.4 Å². The van der Waals surface area contributed by atoms with Crippen LogP contribution in [0.5, 0.6) is 0 Å². The number of carbonyl (C=O) groups excluding carboxylic acids is 4. The third-order valence-corrected chi connectivity index (χ3v) is 5.96. The van der Waals surface area contributed by atoms with Gasteiger partial charge < -0.3 is 14.4 Å². The lowest BCUT2D eigenvalue weighted by atomic mass is 10.1. The van der Waals surface area contributed by atoms with Gasteiger partial charge in [0.25, 0.3) is 11.8 Å². The second kappa shape index (κ2) is 7.75. The quantitative estimate of drug-likeness (QED) is 0.636. The van der Waals surface area contributed by atoms with Gasteiger partial charge in [0.05, 0.1) is 45.8 Å². The first-order valence-electron chi connectivity index (χ1n) is 10.5. The first-order valence-corrected chi connectivity index (χ1v) is 10.4. The van der Waals surface area contributed by atoms with E-state index in [9.17, 15) is 19.2 Å². The summed E-state index contributed by atoms with van der Waals surface area (Å²) >= 11 is 1.04. The van der Waals surface area contributed by atoms with Gasteiger partial charge in [0.15, 0.2) is 5.13 Å². The number of benzene rings is 1. The van der Waals surface area contributed by atoms with Crippen molar-refractivity contribution in [1.82, 2.24) is 14.8 Å². The molecule has 0 radical (unpaired) electrons. The molecule has 1 aromatic carbocycles. The van der Waals surface area contributed by atoms with Gasteiger partial charge in [0.1, 0.15) is 12.7 Å². The molecular formula is C20H18N4O6S. The molecule has 2 saturated heterocycles. The largest absolute Gasteiger partial charge is 0.442 e. The molecule has 2 fully saturated rings. The Hall–Kier alpha value is -3.31. The molecular weight excluding hydrogens is 424 g/mol. The predicted octanol–water partition coefficient (Wildman–Crippen LogP) is 1.12.